The molecule has 9 nitrogen and oxygen atoms in total. The van der Waals surface area contributed by atoms with Crippen LogP contribution in [-0.2, 0) is 13.6 Å². The smallest absolute Gasteiger partial charge is 0.307 e. The van der Waals surface area contributed by atoms with Gasteiger partial charge in [-0.2, -0.15) is 10.2 Å². The Morgan fingerprint density at radius 2 is 1.96 bits per heavy atom. The summed E-state index contributed by atoms with van der Waals surface area (Å²) in [5.74, 6) is -0.225. The van der Waals surface area contributed by atoms with Gasteiger partial charge in [0.15, 0.2) is 0 Å². The molecule has 0 saturated carbocycles. The normalized spacial score (nSPS) is 10.6. The summed E-state index contributed by atoms with van der Waals surface area (Å²) < 4.78 is 3.16. The zero-order valence-corrected chi connectivity index (χ0v) is 13.7. The lowest BCUT2D eigenvalue weighted by molar-refractivity contribution is -0.385. The van der Waals surface area contributed by atoms with Gasteiger partial charge in [-0.25, -0.2) is 0 Å². The molecule has 0 saturated heterocycles. The van der Waals surface area contributed by atoms with Gasteiger partial charge >= 0.3 is 5.69 Å². The minimum Gasteiger partial charge on any atom is -0.319 e. The summed E-state index contributed by atoms with van der Waals surface area (Å²) in [4.78, 5) is 22.5. The Morgan fingerprint density at radius 1 is 1.24 bits per heavy atom. The van der Waals surface area contributed by atoms with E-state index in [-0.39, 0.29) is 11.6 Å². The van der Waals surface area contributed by atoms with Gasteiger partial charge in [-0.15, -0.1) is 0 Å². The number of aryl methyl sites for hydroxylation is 1. The van der Waals surface area contributed by atoms with E-state index in [0.29, 0.717) is 17.8 Å². The maximum Gasteiger partial charge on any atom is 0.307 e. The van der Waals surface area contributed by atoms with Gasteiger partial charge in [0.1, 0.15) is 12.4 Å². The average Bonchev–Trinajstić information content (AvgIpc) is 3.18. The third-order valence-electron chi connectivity index (χ3n) is 3.87. The number of hydrogen-bond acceptors (Lipinski definition) is 5. The first kappa shape index (κ1) is 16.4. The van der Waals surface area contributed by atoms with Crippen LogP contribution in [0.25, 0.3) is 0 Å². The molecule has 0 radical (unpaired) electrons. The highest BCUT2D eigenvalue weighted by atomic mass is 16.6. The van der Waals surface area contributed by atoms with Crippen LogP contribution < -0.4 is 5.32 Å². The number of nitrogens with one attached hydrogen (secondary N) is 1. The van der Waals surface area contributed by atoms with Crippen LogP contribution in [0.15, 0.2) is 42.9 Å². The van der Waals surface area contributed by atoms with E-state index in [1.54, 1.807) is 42.2 Å². The third-order valence-corrected chi connectivity index (χ3v) is 3.87. The van der Waals surface area contributed by atoms with Crippen LogP contribution in [0.2, 0.25) is 0 Å². The Kier molecular flexibility index (Phi) is 4.29. The van der Waals surface area contributed by atoms with Gasteiger partial charge in [0, 0.05) is 12.6 Å². The van der Waals surface area contributed by atoms with Gasteiger partial charge < -0.3 is 5.32 Å². The number of carbonyl (C=O) groups is 1. The molecule has 25 heavy (non-hydrogen) atoms. The quantitative estimate of drug-likeness (QED) is 0.565. The van der Waals surface area contributed by atoms with Crippen molar-refractivity contribution in [3.63, 3.8) is 0 Å². The van der Waals surface area contributed by atoms with E-state index in [4.69, 9.17) is 0 Å². The number of nitrogens with zero attached hydrogens (tertiary/aromatic N) is 5. The Balaban J connectivity index is 1.67. The van der Waals surface area contributed by atoms with Crippen molar-refractivity contribution in [2.75, 3.05) is 5.32 Å². The second-order valence-electron chi connectivity index (χ2n) is 5.57. The Morgan fingerprint density at radius 3 is 2.52 bits per heavy atom. The molecule has 2 heterocycles. The van der Waals surface area contributed by atoms with Crippen LogP contribution in [0.4, 0.5) is 11.4 Å². The van der Waals surface area contributed by atoms with E-state index in [0.717, 1.165) is 11.3 Å². The van der Waals surface area contributed by atoms with Crippen molar-refractivity contribution in [3.05, 3.63) is 69.8 Å². The summed E-state index contributed by atoms with van der Waals surface area (Å²) in [7, 11) is 1.80. The molecule has 1 aromatic carbocycles. The molecular formula is C16H16N6O3. The molecule has 0 unspecified atom stereocenters. The van der Waals surface area contributed by atoms with E-state index in [9.17, 15) is 14.9 Å². The highest BCUT2D eigenvalue weighted by molar-refractivity contribution is 6.04. The van der Waals surface area contributed by atoms with E-state index < -0.39 is 4.92 Å². The Bertz CT molecular complexity index is 926. The van der Waals surface area contributed by atoms with Gasteiger partial charge in [-0.1, -0.05) is 12.1 Å². The number of rotatable bonds is 5. The first-order valence-electron chi connectivity index (χ1n) is 7.50. The summed E-state index contributed by atoms with van der Waals surface area (Å²) in [6, 6.07) is 6.99. The molecule has 9 heteroatoms. The van der Waals surface area contributed by atoms with Crippen molar-refractivity contribution in [1.29, 1.82) is 0 Å². The summed E-state index contributed by atoms with van der Waals surface area (Å²) in [6.07, 6.45) is 4.18. The number of nitro groups is 1. The summed E-state index contributed by atoms with van der Waals surface area (Å²) in [6.45, 7) is 2.26. The average molecular weight is 340 g/mol. The molecule has 0 bridgehead atoms. The second-order valence-corrected chi connectivity index (χ2v) is 5.57. The lowest BCUT2D eigenvalue weighted by Crippen LogP contribution is -2.12. The van der Waals surface area contributed by atoms with E-state index in [1.807, 2.05) is 6.92 Å². The predicted octanol–water partition coefficient (Wildman–Crippen LogP) is 2.13. The lowest BCUT2D eigenvalue weighted by atomic mass is 10.1. The van der Waals surface area contributed by atoms with Gasteiger partial charge in [0.25, 0.3) is 5.91 Å². The van der Waals surface area contributed by atoms with Gasteiger partial charge in [0.05, 0.1) is 29.0 Å². The van der Waals surface area contributed by atoms with Crippen molar-refractivity contribution >= 4 is 17.3 Å². The van der Waals surface area contributed by atoms with Crippen molar-refractivity contribution in [2.45, 2.75) is 13.5 Å². The first-order valence-corrected chi connectivity index (χ1v) is 7.50. The van der Waals surface area contributed by atoms with Crippen molar-refractivity contribution in [3.8, 4) is 0 Å². The second kappa shape index (κ2) is 6.56. The standard InChI is InChI=1S/C16H16N6O3/c1-11-15(8-17-20(11)2)19-16(23)13-5-3-12(4-6-13)9-21-10-14(7-18-21)22(24)25/h3-8,10H,9H2,1-2H3,(H,19,23). The van der Waals surface area contributed by atoms with E-state index >= 15 is 0 Å². The monoisotopic (exact) mass is 340 g/mol. The molecule has 3 rings (SSSR count). The van der Waals surface area contributed by atoms with Crippen molar-refractivity contribution in [1.82, 2.24) is 19.6 Å². The van der Waals surface area contributed by atoms with Crippen molar-refractivity contribution in [2.24, 2.45) is 7.05 Å². The number of aromatic nitrogens is 4. The fourth-order valence-electron chi connectivity index (χ4n) is 2.30. The molecule has 0 aliphatic heterocycles. The van der Waals surface area contributed by atoms with Crippen LogP contribution in [-0.4, -0.2) is 30.4 Å². The van der Waals surface area contributed by atoms with Gasteiger partial charge in [0.2, 0.25) is 0 Å². The summed E-state index contributed by atoms with van der Waals surface area (Å²) in [5.41, 5.74) is 2.87. The molecular weight excluding hydrogens is 324 g/mol. The number of anilines is 1. The lowest BCUT2D eigenvalue weighted by Gasteiger charge is -2.06. The summed E-state index contributed by atoms with van der Waals surface area (Å²) >= 11 is 0. The maximum atomic E-state index is 12.3. The number of benzene rings is 1. The van der Waals surface area contributed by atoms with Crippen LogP contribution in [0.3, 0.4) is 0 Å². The minimum atomic E-state index is -0.489. The molecule has 1 amide bonds. The topological polar surface area (TPSA) is 108 Å². The van der Waals surface area contributed by atoms with Gasteiger partial charge in [-0.05, 0) is 24.6 Å². The summed E-state index contributed by atoms with van der Waals surface area (Å²) in [5, 5.41) is 21.5. The zero-order valence-electron chi connectivity index (χ0n) is 13.7. The third kappa shape index (κ3) is 3.55. The van der Waals surface area contributed by atoms with Crippen LogP contribution >= 0.6 is 0 Å². The maximum absolute atomic E-state index is 12.3. The number of carbonyl (C=O) groups excluding carboxylic acids is 1. The molecule has 1 N–H and O–H groups in total. The zero-order chi connectivity index (χ0) is 18.0. The number of amides is 1. The Hall–Kier alpha value is -3.49. The largest absolute Gasteiger partial charge is 0.319 e. The van der Waals surface area contributed by atoms with E-state index in [2.05, 4.69) is 15.5 Å². The van der Waals surface area contributed by atoms with Crippen LogP contribution in [0.5, 0.6) is 0 Å². The first-order chi connectivity index (χ1) is 11.9. The fourth-order valence-corrected chi connectivity index (χ4v) is 2.30. The fraction of sp³-hybridized carbons (Fsp3) is 0.188. The SMILES string of the molecule is Cc1c(NC(=O)c2ccc(Cn3cc([N+](=O)[O-])cn3)cc2)cnn1C. The molecule has 0 atom stereocenters. The van der Waals surface area contributed by atoms with Gasteiger partial charge in [-0.3, -0.25) is 24.3 Å². The van der Waals surface area contributed by atoms with Crippen LogP contribution in [0.1, 0.15) is 21.6 Å². The van der Waals surface area contributed by atoms with Crippen molar-refractivity contribution < 1.29 is 9.72 Å². The number of hydrogen-bond donors (Lipinski definition) is 1. The highest BCUT2D eigenvalue weighted by Crippen LogP contribution is 2.15. The molecule has 0 aliphatic rings. The highest BCUT2D eigenvalue weighted by Gasteiger charge is 2.11. The van der Waals surface area contributed by atoms with Crippen LogP contribution in [0, 0.1) is 17.0 Å². The molecule has 128 valence electrons. The predicted molar refractivity (Wildman–Crippen MR) is 90.3 cm³/mol. The Labute approximate surface area is 143 Å². The molecule has 0 spiro atoms. The molecule has 2 aromatic heterocycles. The molecule has 0 fully saturated rings. The molecule has 3 aromatic rings. The molecule has 0 aliphatic carbocycles. The van der Waals surface area contributed by atoms with E-state index in [1.165, 1.54) is 17.1 Å². The minimum absolute atomic E-state index is 0.0529.